The van der Waals surface area contributed by atoms with Gasteiger partial charge in [-0.1, -0.05) is 55.2 Å². The van der Waals surface area contributed by atoms with Crippen molar-refractivity contribution in [2.24, 2.45) is 0 Å². The van der Waals surface area contributed by atoms with Gasteiger partial charge in [0.05, 0.1) is 7.11 Å². The normalized spacial score (nSPS) is 11.3. The minimum atomic E-state index is 0.285. The van der Waals surface area contributed by atoms with Crippen molar-refractivity contribution in [3.05, 3.63) is 65.7 Å². The van der Waals surface area contributed by atoms with E-state index in [1.165, 1.54) is 5.56 Å². The molecular weight excluding hydrogens is 232 g/mol. The van der Waals surface area contributed by atoms with Gasteiger partial charge in [-0.25, -0.2) is 0 Å². The van der Waals surface area contributed by atoms with Gasteiger partial charge in [0.25, 0.3) is 0 Å². The number of ether oxygens (including phenoxy) is 1. The zero-order chi connectivity index (χ0) is 13.5. The van der Waals surface area contributed by atoms with Gasteiger partial charge in [0.1, 0.15) is 5.75 Å². The second-order valence-electron chi connectivity index (χ2n) is 4.37. The van der Waals surface area contributed by atoms with Crippen molar-refractivity contribution in [2.45, 2.75) is 19.3 Å². The Hall–Kier alpha value is -2.20. The van der Waals surface area contributed by atoms with Gasteiger partial charge < -0.3 is 4.74 Å². The van der Waals surface area contributed by atoms with E-state index in [-0.39, 0.29) is 5.92 Å². The summed E-state index contributed by atoms with van der Waals surface area (Å²) < 4.78 is 5.20. The lowest BCUT2D eigenvalue weighted by Crippen LogP contribution is -1.93. The van der Waals surface area contributed by atoms with Crippen LogP contribution in [0.4, 0.5) is 0 Å². The molecule has 0 saturated carbocycles. The molecule has 0 radical (unpaired) electrons. The maximum Gasteiger partial charge on any atom is 0.120 e. The maximum atomic E-state index is 5.20. The van der Waals surface area contributed by atoms with E-state index in [9.17, 15) is 0 Å². The molecule has 1 nitrogen and oxygen atoms in total. The van der Waals surface area contributed by atoms with E-state index in [0.29, 0.717) is 0 Å². The monoisotopic (exact) mass is 250 g/mol. The predicted octanol–water partition coefficient (Wildman–Crippen LogP) is 4.24. The summed E-state index contributed by atoms with van der Waals surface area (Å²) in [4.78, 5) is 0. The van der Waals surface area contributed by atoms with Gasteiger partial charge in [-0.3, -0.25) is 0 Å². The molecule has 96 valence electrons. The van der Waals surface area contributed by atoms with Crippen LogP contribution in [0.25, 0.3) is 0 Å². The van der Waals surface area contributed by atoms with Crippen LogP contribution < -0.4 is 4.74 Å². The van der Waals surface area contributed by atoms with Crippen LogP contribution in [0.2, 0.25) is 0 Å². The average Bonchev–Trinajstić information content (AvgIpc) is 2.49. The van der Waals surface area contributed by atoms with E-state index < -0.39 is 0 Å². The molecule has 0 fully saturated rings. The van der Waals surface area contributed by atoms with Gasteiger partial charge in [0.15, 0.2) is 0 Å². The lowest BCUT2D eigenvalue weighted by Gasteiger charge is -2.07. The first-order chi connectivity index (χ1) is 9.33. The highest BCUT2D eigenvalue weighted by atomic mass is 16.5. The Balaban J connectivity index is 2.21. The first-order valence-corrected chi connectivity index (χ1v) is 6.54. The van der Waals surface area contributed by atoms with Crippen molar-refractivity contribution >= 4 is 0 Å². The summed E-state index contributed by atoms with van der Waals surface area (Å²) in [5, 5.41) is 0. The van der Waals surface area contributed by atoms with Gasteiger partial charge in [-0.05, 0) is 30.2 Å². The summed E-state index contributed by atoms with van der Waals surface area (Å²) >= 11 is 0. The molecule has 0 aromatic heterocycles. The van der Waals surface area contributed by atoms with E-state index in [1.807, 2.05) is 30.3 Å². The minimum absolute atomic E-state index is 0.285. The highest BCUT2D eigenvalue weighted by molar-refractivity contribution is 5.41. The van der Waals surface area contributed by atoms with Crippen molar-refractivity contribution in [1.29, 1.82) is 0 Å². The van der Waals surface area contributed by atoms with E-state index >= 15 is 0 Å². The highest BCUT2D eigenvalue weighted by Gasteiger charge is 2.04. The molecule has 0 unspecified atom stereocenters. The summed E-state index contributed by atoms with van der Waals surface area (Å²) in [5.74, 6) is 7.72. The van der Waals surface area contributed by atoms with Gasteiger partial charge in [-0.2, -0.15) is 0 Å². The SMILES string of the molecule is CC[C@@H](C#Cc1cccc(OC)c1)c1ccccc1. The van der Waals surface area contributed by atoms with E-state index in [1.54, 1.807) is 7.11 Å². The van der Waals surface area contributed by atoms with Gasteiger partial charge in [0.2, 0.25) is 0 Å². The molecule has 0 spiro atoms. The summed E-state index contributed by atoms with van der Waals surface area (Å²) in [7, 11) is 1.67. The van der Waals surface area contributed by atoms with Crippen molar-refractivity contribution in [2.75, 3.05) is 7.11 Å². The zero-order valence-electron chi connectivity index (χ0n) is 11.4. The average molecular weight is 250 g/mol. The molecule has 19 heavy (non-hydrogen) atoms. The fourth-order valence-electron chi connectivity index (χ4n) is 1.98. The van der Waals surface area contributed by atoms with E-state index in [0.717, 1.165) is 17.7 Å². The van der Waals surface area contributed by atoms with Crippen molar-refractivity contribution < 1.29 is 4.74 Å². The summed E-state index contributed by atoms with van der Waals surface area (Å²) in [6.45, 7) is 2.16. The Morgan fingerprint density at radius 1 is 1.05 bits per heavy atom. The number of hydrogen-bond acceptors (Lipinski definition) is 1. The lowest BCUT2D eigenvalue weighted by atomic mass is 9.97. The molecule has 0 saturated heterocycles. The second kappa shape index (κ2) is 6.66. The predicted molar refractivity (Wildman–Crippen MR) is 79.3 cm³/mol. The molecule has 0 bridgehead atoms. The van der Waals surface area contributed by atoms with Crippen LogP contribution in [0.5, 0.6) is 5.75 Å². The van der Waals surface area contributed by atoms with Crippen LogP contribution in [0.15, 0.2) is 54.6 Å². The summed E-state index contributed by atoms with van der Waals surface area (Å²) in [5.41, 5.74) is 2.27. The third-order valence-corrected chi connectivity index (χ3v) is 3.07. The maximum absolute atomic E-state index is 5.20. The van der Waals surface area contributed by atoms with Crippen molar-refractivity contribution in [1.82, 2.24) is 0 Å². The van der Waals surface area contributed by atoms with E-state index in [2.05, 4.69) is 43.0 Å². The largest absolute Gasteiger partial charge is 0.497 e. The molecule has 1 heteroatoms. The molecule has 1 atom stereocenters. The van der Waals surface area contributed by atoms with Crippen molar-refractivity contribution in [3.8, 4) is 17.6 Å². The quantitative estimate of drug-likeness (QED) is 0.740. The molecule has 0 heterocycles. The zero-order valence-corrected chi connectivity index (χ0v) is 11.4. The molecule has 2 rings (SSSR count). The topological polar surface area (TPSA) is 9.23 Å². The minimum Gasteiger partial charge on any atom is -0.497 e. The Morgan fingerprint density at radius 3 is 2.53 bits per heavy atom. The highest BCUT2D eigenvalue weighted by Crippen LogP contribution is 2.18. The Kier molecular flexibility index (Phi) is 4.64. The Bertz CT molecular complexity index is 575. The fourth-order valence-corrected chi connectivity index (χ4v) is 1.98. The van der Waals surface area contributed by atoms with Gasteiger partial charge in [0, 0.05) is 11.5 Å². The number of hydrogen-bond donors (Lipinski definition) is 0. The first kappa shape index (κ1) is 13.2. The molecular formula is C18H18O. The lowest BCUT2D eigenvalue weighted by molar-refractivity contribution is 0.414. The van der Waals surface area contributed by atoms with Crippen LogP contribution in [0.1, 0.15) is 30.4 Å². The smallest absolute Gasteiger partial charge is 0.120 e. The van der Waals surface area contributed by atoms with Gasteiger partial charge in [-0.15, -0.1) is 0 Å². The van der Waals surface area contributed by atoms with Crippen LogP contribution in [-0.4, -0.2) is 7.11 Å². The van der Waals surface area contributed by atoms with E-state index in [4.69, 9.17) is 4.74 Å². The van der Waals surface area contributed by atoms with Crippen LogP contribution in [0.3, 0.4) is 0 Å². The number of methoxy groups -OCH3 is 1. The summed E-state index contributed by atoms with van der Waals surface area (Å²) in [6.07, 6.45) is 1.01. The summed E-state index contributed by atoms with van der Waals surface area (Å²) in [6, 6.07) is 18.3. The molecule has 0 aliphatic heterocycles. The molecule has 0 amide bonds. The molecule has 0 N–H and O–H groups in total. The molecule has 0 aliphatic carbocycles. The Labute approximate surface area is 115 Å². The molecule has 0 aliphatic rings. The van der Waals surface area contributed by atoms with Crippen LogP contribution >= 0.6 is 0 Å². The van der Waals surface area contributed by atoms with Crippen LogP contribution in [0, 0.1) is 11.8 Å². The van der Waals surface area contributed by atoms with Gasteiger partial charge >= 0.3 is 0 Å². The second-order valence-corrected chi connectivity index (χ2v) is 4.37. The third kappa shape index (κ3) is 3.63. The Morgan fingerprint density at radius 2 is 1.84 bits per heavy atom. The number of rotatable bonds is 3. The first-order valence-electron chi connectivity index (χ1n) is 6.54. The third-order valence-electron chi connectivity index (χ3n) is 3.07. The standard InChI is InChI=1S/C18H18O/c1-3-16(17-9-5-4-6-10-17)13-12-15-8-7-11-18(14-15)19-2/h4-11,14,16H,3H2,1-2H3/t16-/m0/s1. The molecule has 2 aromatic carbocycles. The van der Waals surface area contributed by atoms with Crippen molar-refractivity contribution in [3.63, 3.8) is 0 Å². The van der Waals surface area contributed by atoms with Crippen LogP contribution in [-0.2, 0) is 0 Å². The molecule has 2 aromatic rings. The number of benzene rings is 2. The fraction of sp³-hybridized carbons (Fsp3) is 0.222.